The molecule has 1 aliphatic rings. The minimum Gasteiger partial charge on any atom is -0.511 e. The normalized spacial score (nSPS) is 15.1. The van der Waals surface area contributed by atoms with Gasteiger partial charge in [-0.15, -0.1) is 11.3 Å². The summed E-state index contributed by atoms with van der Waals surface area (Å²) in [4.78, 5) is 28.2. The second-order valence-corrected chi connectivity index (χ2v) is 11.9. The predicted molar refractivity (Wildman–Crippen MR) is 155 cm³/mol. The summed E-state index contributed by atoms with van der Waals surface area (Å²) in [5.74, 6) is -0.189. The van der Waals surface area contributed by atoms with Crippen molar-refractivity contribution in [3.8, 4) is 11.1 Å². The zero-order chi connectivity index (χ0) is 26.2. The highest BCUT2D eigenvalue weighted by Gasteiger charge is 2.37. The van der Waals surface area contributed by atoms with Crippen molar-refractivity contribution in [2.75, 3.05) is 5.32 Å². The van der Waals surface area contributed by atoms with Crippen LogP contribution in [-0.2, 0) is 4.79 Å². The third-order valence-electron chi connectivity index (χ3n) is 6.42. The molecule has 0 unspecified atom stereocenters. The summed E-state index contributed by atoms with van der Waals surface area (Å²) < 4.78 is 0.881. The molecule has 1 heterocycles. The molecule has 0 aliphatic heterocycles. The number of aliphatic hydroxyl groups is 1. The Morgan fingerprint density at radius 1 is 0.919 bits per heavy atom. The largest absolute Gasteiger partial charge is 0.511 e. The Labute approximate surface area is 228 Å². The van der Waals surface area contributed by atoms with Gasteiger partial charge in [0.05, 0.1) is 16.0 Å². The SMILES string of the molecule is CC1(C)CC(=O)C(c2sc(Nc3ccccc3)c(C(=O)c3ccc(Br)cc3)c2-c2ccccc2)=C(O)C1. The van der Waals surface area contributed by atoms with Crippen LogP contribution in [0.4, 0.5) is 10.7 Å². The van der Waals surface area contributed by atoms with E-state index in [1.54, 1.807) is 12.1 Å². The van der Waals surface area contributed by atoms with Crippen LogP contribution in [-0.4, -0.2) is 16.7 Å². The van der Waals surface area contributed by atoms with Crippen LogP contribution in [0.15, 0.2) is 95.2 Å². The maximum absolute atomic E-state index is 14.1. The van der Waals surface area contributed by atoms with Crippen LogP contribution in [0.2, 0.25) is 0 Å². The van der Waals surface area contributed by atoms with E-state index in [0.717, 1.165) is 15.7 Å². The van der Waals surface area contributed by atoms with E-state index in [0.29, 0.717) is 45.0 Å². The fourth-order valence-electron chi connectivity index (χ4n) is 4.74. The van der Waals surface area contributed by atoms with Gasteiger partial charge in [0.15, 0.2) is 11.6 Å². The molecule has 37 heavy (non-hydrogen) atoms. The van der Waals surface area contributed by atoms with Gasteiger partial charge in [-0.05, 0) is 47.4 Å². The zero-order valence-corrected chi connectivity index (χ0v) is 22.9. The van der Waals surface area contributed by atoms with Crippen LogP contribution in [0.3, 0.4) is 0 Å². The lowest BCUT2D eigenvalue weighted by molar-refractivity contribution is -0.116. The molecular formula is C31H26BrNO3S. The van der Waals surface area contributed by atoms with Gasteiger partial charge in [-0.1, -0.05) is 78.3 Å². The molecule has 3 aromatic carbocycles. The lowest BCUT2D eigenvalue weighted by Crippen LogP contribution is -2.25. The van der Waals surface area contributed by atoms with Crippen molar-refractivity contribution in [2.24, 2.45) is 5.41 Å². The average Bonchev–Trinajstić information content (AvgIpc) is 3.22. The number of thiophene rings is 1. The number of Topliss-reactive ketones (excluding diaryl/α,β-unsaturated/α-hetero) is 1. The monoisotopic (exact) mass is 571 g/mol. The van der Waals surface area contributed by atoms with Crippen LogP contribution in [0.25, 0.3) is 16.7 Å². The summed E-state index contributed by atoms with van der Waals surface area (Å²) >= 11 is 4.78. The summed E-state index contributed by atoms with van der Waals surface area (Å²) in [7, 11) is 0. The molecule has 5 rings (SSSR count). The topological polar surface area (TPSA) is 66.4 Å². The predicted octanol–water partition coefficient (Wildman–Crippen LogP) is 8.81. The molecule has 0 fully saturated rings. The Morgan fingerprint density at radius 2 is 1.54 bits per heavy atom. The van der Waals surface area contributed by atoms with Crippen LogP contribution in [0, 0.1) is 5.41 Å². The highest BCUT2D eigenvalue weighted by molar-refractivity contribution is 9.10. The molecule has 0 amide bonds. The van der Waals surface area contributed by atoms with Gasteiger partial charge in [-0.2, -0.15) is 0 Å². The average molecular weight is 573 g/mol. The number of carbonyl (C=O) groups is 2. The van der Waals surface area contributed by atoms with E-state index >= 15 is 0 Å². The number of benzene rings is 3. The first-order valence-corrected chi connectivity index (χ1v) is 13.6. The fourth-order valence-corrected chi connectivity index (χ4v) is 6.33. The minimum atomic E-state index is -0.323. The molecule has 0 saturated heterocycles. The second kappa shape index (κ2) is 10.1. The Kier molecular flexibility index (Phi) is 6.88. The molecule has 1 aliphatic carbocycles. The molecule has 0 spiro atoms. The number of nitrogens with one attached hydrogen (secondary N) is 1. The van der Waals surface area contributed by atoms with Gasteiger partial charge in [0, 0.05) is 34.1 Å². The lowest BCUT2D eigenvalue weighted by atomic mass is 9.75. The summed E-state index contributed by atoms with van der Waals surface area (Å²) in [6.45, 7) is 3.96. The van der Waals surface area contributed by atoms with E-state index in [-0.39, 0.29) is 22.7 Å². The fraction of sp³-hybridized carbons (Fsp3) is 0.161. The first-order chi connectivity index (χ1) is 17.7. The minimum absolute atomic E-state index is 0.0774. The molecule has 6 heteroatoms. The number of anilines is 2. The molecule has 0 atom stereocenters. The smallest absolute Gasteiger partial charge is 0.196 e. The molecule has 0 radical (unpaired) electrons. The number of hydrogen-bond acceptors (Lipinski definition) is 5. The van der Waals surface area contributed by atoms with Crippen LogP contribution in [0.1, 0.15) is 47.5 Å². The molecular weight excluding hydrogens is 546 g/mol. The Bertz CT molecular complexity index is 1500. The maximum atomic E-state index is 14.1. The Morgan fingerprint density at radius 3 is 2.16 bits per heavy atom. The van der Waals surface area contributed by atoms with Crippen molar-refractivity contribution in [3.05, 3.63) is 111 Å². The van der Waals surface area contributed by atoms with Crippen molar-refractivity contribution in [1.29, 1.82) is 0 Å². The number of ketones is 2. The van der Waals surface area contributed by atoms with Gasteiger partial charge in [0.1, 0.15) is 10.8 Å². The first-order valence-electron chi connectivity index (χ1n) is 12.0. The van der Waals surface area contributed by atoms with Crippen LogP contribution >= 0.6 is 27.3 Å². The van der Waals surface area contributed by atoms with Gasteiger partial charge >= 0.3 is 0 Å². The van der Waals surface area contributed by atoms with Crippen molar-refractivity contribution in [2.45, 2.75) is 26.7 Å². The molecule has 1 aromatic heterocycles. The van der Waals surface area contributed by atoms with Gasteiger partial charge in [0.2, 0.25) is 0 Å². The summed E-state index contributed by atoms with van der Waals surface area (Å²) in [6.07, 6.45) is 0.730. The van der Waals surface area contributed by atoms with Crippen molar-refractivity contribution in [3.63, 3.8) is 0 Å². The van der Waals surface area contributed by atoms with E-state index in [4.69, 9.17) is 0 Å². The number of rotatable bonds is 6. The lowest BCUT2D eigenvalue weighted by Gasteiger charge is -2.29. The van der Waals surface area contributed by atoms with Gasteiger partial charge in [0.25, 0.3) is 0 Å². The van der Waals surface area contributed by atoms with Crippen LogP contribution in [0.5, 0.6) is 0 Å². The van der Waals surface area contributed by atoms with E-state index in [9.17, 15) is 14.7 Å². The second-order valence-electron chi connectivity index (χ2n) is 9.97. The molecule has 2 N–H and O–H groups in total. The third-order valence-corrected chi connectivity index (χ3v) is 8.07. The van der Waals surface area contributed by atoms with Gasteiger partial charge in [-0.3, -0.25) is 9.59 Å². The Balaban J connectivity index is 1.79. The molecule has 4 nitrogen and oxygen atoms in total. The number of aliphatic hydroxyl groups excluding tert-OH is 1. The summed E-state index contributed by atoms with van der Waals surface area (Å²) in [5, 5.41) is 15.2. The highest BCUT2D eigenvalue weighted by atomic mass is 79.9. The van der Waals surface area contributed by atoms with Gasteiger partial charge < -0.3 is 10.4 Å². The summed E-state index contributed by atoms with van der Waals surface area (Å²) in [6, 6.07) is 26.5. The number of hydrogen-bond donors (Lipinski definition) is 2. The summed E-state index contributed by atoms with van der Waals surface area (Å²) in [5.41, 5.74) is 3.31. The highest BCUT2D eigenvalue weighted by Crippen LogP contribution is 2.49. The van der Waals surface area contributed by atoms with Crippen molar-refractivity contribution < 1.29 is 14.7 Å². The Hall–Kier alpha value is -3.48. The van der Waals surface area contributed by atoms with E-state index in [1.807, 2.05) is 86.6 Å². The van der Waals surface area contributed by atoms with Crippen LogP contribution < -0.4 is 5.32 Å². The van der Waals surface area contributed by atoms with Gasteiger partial charge in [-0.25, -0.2) is 0 Å². The molecule has 186 valence electrons. The van der Waals surface area contributed by atoms with E-state index < -0.39 is 0 Å². The molecule has 4 aromatic rings. The third kappa shape index (κ3) is 5.17. The number of halogens is 1. The number of allylic oxidation sites excluding steroid dienone is 2. The zero-order valence-electron chi connectivity index (χ0n) is 20.5. The molecule has 0 bridgehead atoms. The molecule has 0 saturated carbocycles. The van der Waals surface area contributed by atoms with Crippen molar-refractivity contribution >= 4 is 55.1 Å². The van der Waals surface area contributed by atoms with E-state index in [2.05, 4.69) is 21.2 Å². The first kappa shape index (κ1) is 25.2. The van der Waals surface area contributed by atoms with E-state index in [1.165, 1.54) is 11.3 Å². The van der Waals surface area contributed by atoms with Crippen molar-refractivity contribution in [1.82, 2.24) is 0 Å². The quantitative estimate of drug-likeness (QED) is 0.227. The standard InChI is InChI=1S/C31H26BrNO3S/c1-31(2)17-23(34)26(24(35)18-31)29-25(19-9-5-3-6-10-19)27(28(36)20-13-15-21(32)16-14-20)30(37-29)33-22-11-7-4-8-12-22/h3-16,33-34H,17-18H2,1-2H3. The number of para-hydroxylation sites is 1. The maximum Gasteiger partial charge on any atom is 0.196 e. The number of carbonyl (C=O) groups excluding carboxylic acids is 2.